The maximum absolute atomic E-state index is 12.4. The Morgan fingerprint density at radius 2 is 2.10 bits per heavy atom. The largest absolute Gasteiger partial charge is 0.481 e. The van der Waals surface area contributed by atoms with Crippen LogP contribution in [0.2, 0.25) is 0 Å². The Labute approximate surface area is 125 Å². The van der Waals surface area contributed by atoms with Crippen molar-refractivity contribution >= 4 is 21.9 Å². The summed E-state index contributed by atoms with van der Waals surface area (Å²) in [6.07, 6.45) is -1.94. The number of halogens is 4. The first-order valence-electron chi connectivity index (χ1n) is 5.76. The number of hydrogen-bond acceptors (Lipinski definition) is 3. The van der Waals surface area contributed by atoms with Gasteiger partial charge in [0.15, 0.2) is 0 Å². The van der Waals surface area contributed by atoms with Crippen molar-refractivity contribution < 1.29 is 27.5 Å². The van der Waals surface area contributed by atoms with Crippen molar-refractivity contribution in [2.45, 2.75) is 18.5 Å². The van der Waals surface area contributed by atoms with Crippen molar-refractivity contribution in [2.24, 2.45) is 0 Å². The minimum atomic E-state index is -4.59. The van der Waals surface area contributed by atoms with Gasteiger partial charge in [-0.1, -0.05) is 0 Å². The fraction of sp³-hybridized carbons (Fsp3) is 0.231. The summed E-state index contributed by atoms with van der Waals surface area (Å²) in [6.45, 7) is 0. The van der Waals surface area contributed by atoms with E-state index in [0.717, 1.165) is 12.1 Å². The lowest BCUT2D eigenvalue weighted by Gasteiger charge is -2.11. The van der Waals surface area contributed by atoms with E-state index in [2.05, 4.69) is 25.3 Å². The van der Waals surface area contributed by atoms with Gasteiger partial charge in [-0.2, -0.15) is 13.2 Å². The zero-order chi connectivity index (χ0) is 15.6. The van der Waals surface area contributed by atoms with E-state index in [1.165, 1.54) is 12.4 Å². The molecule has 0 aliphatic carbocycles. The summed E-state index contributed by atoms with van der Waals surface area (Å²) < 4.78 is 42.6. The zero-order valence-electron chi connectivity index (χ0n) is 10.4. The minimum Gasteiger partial charge on any atom is -0.481 e. The first-order valence-corrected chi connectivity index (χ1v) is 6.56. The van der Waals surface area contributed by atoms with Gasteiger partial charge in [0.1, 0.15) is 5.76 Å². The van der Waals surface area contributed by atoms with E-state index in [1.54, 1.807) is 6.07 Å². The average Bonchev–Trinajstić information content (AvgIpc) is 2.84. The van der Waals surface area contributed by atoms with Crippen molar-refractivity contribution in [3.63, 3.8) is 0 Å². The average molecular weight is 364 g/mol. The number of carboxylic acid groups (broad SMARTS) is 1. The maximum atomic E-state index is 12.4. The molecule has 2 aromatic heterocycles. The molecule has 21 heavy (non-hydrogen) atoms. The first kappa shape index (κ1) is 15.6. The molecule has 2 aromatic rings. The highest BCUT2D eigenvalue weighted by Crippen LogP contribution is 2.32. The molecule has 0 radical (unpaired) electrons. The molecule has 1 unspecified atom stereocenters. The van der Waals surface area contributed by atoms with Crippen LogP contribution in [0.5, 0.6) is 0 Å². The van der Waals surface area contributed by atoms with Crippen LogP contribution in [0.4, 0.5) is 13.2 Å². The number of rotatable bonds is 4. The quantitative estimate of drug-likeness (QED) is 0.895. The molecule has 1 atom stereocenters. The smallest absolute Gasteiger partial charge is 0.449 e. The molecule has 0 fully saturated rings. The highest BCUT2D eigenvalue weighted by molar-refractivity contribution is 9.10. The van der Waals surface area contributed by atoms with Crippen LogP contribution in [0.25, 0.3) is 0 Å². The molecule has 0 aliphatic heterocycles. The van der Waals surface area contributed by atoms with E-state index in [0.29, 0.717) is 10.0 Å². The Kier molecular flexibility index (Phi) is 4.36. The number of nitrogens with zero attached hydrogens (tertiary/aromatic N) is 1. The van der Waals surface area contributed by atoms with Gasteiger partial charge in [0, 0.05) is 23.3 Å². The standard InChI is InChI=1S/C13H9BrF3NO3/c14-8-3-7(5-18-6-8)10(12(19)20)4-9-1-2-11(21-9)13(15,16)17/h1-3,5-6,10H,4H2,(H,19,20). The van der Waals surface area contributed by atoms with Crippen LogP contribution in [-0.4, -0.2) is 16.1 Å². The molecule has 112 valence electrons. The first-order chi connectivity index (χ1) is 9.77. The number of carboxylic acids is 1. The van der Waals surface area contributed by atoms with Crippen LogP contribution in [-0.2, 0) is 17.4 Å². The number of aliphatic carboxylic acids is 1. The van der Waals surface area contributed by atoms with E-state index in [4.69, 9.17) is 0 Å². The third kappa shape index (κ3) is 3.84. The summed E-state index contributed by atoms with van der Waals surface area (Å²) >= 11 is 3.17. The van der Waals surface area contributed by atoms with Gasteiger partial charge >= 0.3 is 12.1 Å². The predicted molar refractivity (Wildman–Crippen MR) is 69.7 cm³/mol. The van der Waals surface area contributed by atoms with Crippen LogP contribution >= 0.6 is 15.9 Å². The predicted octanol–water partition coefficient (Wildman–Crippen LogP) is 3.87. The van der Waals surface area contributed by atoms with Gasteiger partial charge < -0.3 is 9.52 Å². The molecule has 0 saturated carbocycles. The Hall–Kier alpha value is -1.83. The van der Waals surface area contributed by atoms with Crippen LogP contribution in [0.3, 0.4) is 0 Å². The second-order valence-corrected chi connectivity index (χ2v) is 5.21. The molecule has 0 aromatic carbocycles. The number of carbonyl (C=O) groups is 1. The topological polar surface area (TPSA) is 63.3 Å². The van der Waals surface area contributed by atoms with E-state index in [-0.39, 0.29) is 12.2 Å². The van der Waals surface area contributed by atoms with Crippen LogP contribution in [0.1, 0.15) is 23.0 Å². The molecule has 4 nitrogen and oxygen atoms in total. The Balaban J connectivity index is 2.25. The highest BCUT2D eigenvalue weighted by atomic mass is 79.9. The number of alkyl halides is 3. The van der Waals surface area contributed by atoms with Crippen LogP contribution in [0, 0.1) is 0 Å². The van der Waals surface area contributed by atoms with Crippen molar-refractivity contribution in [3.05, 3.63) is 52.1 Å². The molecule has 0 saturated heterocycles. The van der Waals surface area contributed by atoms with Gasteiger partial charge in [-0.15, -0.1) is 0 Å². The molecule has 1 N–H and O–H groups in total. The zero-order valence-corrected chi connectivity index (χ0v) is 12.0. The minimum absolute atomic E-state index is 0.0466. The van der Waals surface area contributed by atoms with Gasteiger partial charge in [-0.05, 0) is 39.7 Å². The van der Waals surface area contributed by atoms with Crippen LogP contribution < -0.4 is 0 Å². The summed E-state index contributed by atoms with van der Waals surface area (Å²) in [6, 6.07) is 3.47. The lowest BCUT2D eigenvalue weighted by Crippen LogP contribution is -2.14. The van der Waals surface area contributed by atoms with Gasteiger partial charge in [-0.25, -0.2) is 0 Å². The van der Waals surface area contributed by atoms with E-state index < -0.39 is 23.8 Å². The van der Waals surface area contributed by atoms with Gasteiger partial charge in [0.25, 0.3) is 0 Å². The van der Waals surface area contributed by atoms with Gasteiger partial charge in [0.05, 0.1) is 5.92 Å². The second kappa shape index (κ2) is 5.88. The Bertz CT molecular complexity index is 654. The molecule has 8 heteroatoms. The Morgan fingerprint density at radius 1 is 1.38 bits per heavy atom. The molecule has 0 amide bonds. The monoisotopic (exact) mass is 363 g/mol. The molecule has 2 rings (SSSR count). The number of pyridine rings is 1. The molecule has 2 heterocycles. The summed E-state index contributed by atoms with van der Waals surface area (Å²) in [4.78, 5) is 15.2. The second-order valence-electron chi connectivity index (χ2n) is 4.30. The van der Waals surface area contributed by atoms with Crippen molar-refractivity contribution in [3.8, 4) is 0 Å². The summed E-state index contributed by atoms with van der Waals surface area (Å²) in [5.41, 5.74) is 0.377. The third-order valence-corrected chi connectivity index (χ3v) is 3.21. The van der Waals surface area contributed by atoms with Gasteiger partial charge in [-0.3, -0.25) is 9.78 Å². The van der Waals surface area contributed by atoms with Crippen molar-refractivity contribution in [2.75, 3.05) is 0 Å². The Morgan fingerprint density at radius 3 is 2.62 bits per heavy atom. The number of furan rings is 1. The van der Waals surface area contributed by atoms with E-state index >= 15 is 0 Å². The van der Waals surface area contributed by atoms with E-state index in [9.17, 15) is 23.1 Å². The summed E-state index contributed by atoms with van der Waals surface area (Å²) in [5.74, 6) is -3.40. The molecular weight excluding hydrogens is 355 g/mol. The van der Waals surface area contributed by atoms with Crippen molar-refractivity contribution in [1.29, 1.82) is 0 Å². The van der Waals surface area contributed by atoms with Crippen molar-refractivity contribution in [1.82, 2.24) is 4.98 Å². The fourth-order valence-electron chi connectivity index (χ4n) is 1.81. The third-order valence-electron chi connectivity index (χ3n) is 2.77. The SMILES string of the molecule is O=C(O)C(Cc1ccc(C(F)(F)F)o1)c1cncc(Br)c1. The maximum Gasteiger partial charge on any atom is 0.449 e. The normalized spacial score (nSPS) is 13.1. The lowest BCUT2D eigenvalue weighted by molar-refractivity contribution is -0.153. The molecule has 0 aliphatic rings. The lowest BCUT2D eigenvalue weighted by atomic mass is 9.96. The fourth-order valence-corrected chi connectivity index (χ4v) is 2.19. The highest BCUT2D eigenvalue weighted by Gasteiger charge is 2.35. The number of aromatic nitrogens is 1. The summed E-state index contributed by atoms with van der Waals surface area (Å²) in [5, 5.41) is 9.24. The molecule has 0 spiro atoms. The van der Waals surface area contributed by atoms with Crippen LogP contribution in [0.15, 0.2) is 39.5 Å². The molecular formula is C13H9BrF3NO3. The van der Waals surface area contributed by atoms with Gasteiger partial charge in [0.2, 0.25) is 5.76 Å². The van der Waals surface area contributed by atoms with E-state index in [1.807, 2.05) is 0 Å². The summed E-state index contributed by atoms with van der Waals surface area (Å²) in [7, 11) is 0. The number of hydrogen-bond donors (Lipinski definition) is 1. The molecule has 0 bridgehead atoms.